The molecule has 0 aliphatic carbocycles. The highest BCUT2D eigenvalue weighted by atomic mass is 32.2. The van der Waals surface area contributed by atoms with E-state index < -0.39 is 17.3 Å². The van der Waals surface area contributed by atoms with E-state index in [2.05, 4.69) is 15.5 Å². The molecule has 2 heterocycles. The number of hydrogen-bond acceptors (Lipinski definition) is 6. The molecule has 2 aromatic heterocycles. The second kappa shape index (κ2) is 8.24. The number of nitrogens with one attached hydrogen (secondary N) is 1. The molecular formula is C17H15FN4O2S2. The fourth-order valence-corrected chi connectivity index (χ4v) is 3.89. The van der Waals surface area contributed by atoms with E-state index in [1.807, 2.05) is 6.92 Å². The highest BCUT2D eigenvalue weighted by Crippen LogP contribution is 2.25. The maximum Gasteiger partial charge on any atom is 0.263 e. The van der Waals surface area contributed by atoms with Gasteiger partial charge in [-0.25, -0.2) is 4.39 Å². The minimum Gasteiger partial charge on any atom is -0.310 e. The molecule has 6 nitrogen and oxygen atoms in total. The molecule has 0 unspecified atom stereocenters. The standard InChI is InChI=1S/C17H15FN4O2S2/c1-2-25-17-21-20-16(26-17)19-14(23)12-7-5-9-22(15(12)24)10-11-6-3-4-8-13(11)18/h3-9H,2,10H2,1H3,(H,19,20,23). The molecule has 0 saturated heterocycles. The lowest BCUT2D eigenvalue weighted by Gasteiger charge is -2.08. The van der Waals surface area contributed by atoms with Crippen LogP contribution in [0, 0.1) is 5.82 Å². The molecule has 3 aromatic rings. The first-order chi connectivity index (χ1) is 12.6. The van der Waals surface area contributed by atoms with Crippen molar-refractivity contribution < 1.29 is 9.18 Å². The fraction of sp³-hybridized carbons (Fsp3) is 0.176. The molecule has 134 valence electrons. The van der Waals surface area contributed by atoms with E-state index in [0.29, 0.717) is 10.7 Å². The van der Waals surface area contributed by atoms with Crippen molar-refractivity contribution in [1.82, 2.24) is 14.8 Å². The third kappa shape index (κ3) is 4.17. The Bertz CT molecular complexity index is 987. The van der Waals surface area contributed by atoms with Crippen LogP contribution in [-0.4, -0.2) is 26.4 Å². The Hall–Kier alpha value is -2.52. The number of hydrogen-bond donors (Lipinski definition) is 1. The zero-order chi connectivity index (χ0) is 18.5. The summed E-state index contributed by atoms with van der Waals surface area (Å²) in [6.07, 6.45) is 1.52. The van der Waals surface area contributed by atoms with Crippen molar-refractivity contribution in [2.24, 2.45) is 0 Å². The van der Waals surface area contributed by atoms with Gasteiger partial charge in [0.05, 0.1) is 6.54 Å². The number of benzene rings is 1. The SMILES string of the molecule is CCSc1nnc(NC(=O)c2cccn(Cc3ccccc3F)c2=O)s1. The molecule has 3 rings (SSSR count). The molecule has 0 spiro atoms. The summed E-state index contributed by atoms with van der Waals surface area (Å²) in [5, 5.41) is 10.8. The summed E-state index contributed by atoms with van der Waals surface area (Å²) in [6.45, 7) is 2.04. The van der Waals surface area contributed by atoms with E-state index in [0.717, 1.165) is 10.1 Å². The van der Waals surface area contributed by atoms with Crippen molar-refractivity contribution in [2.75, 3.05) is 11.1 Å². The maximum atomic E-state index is 13.8. The Morgan fingerprint density at radius 3 is 2.85 bits per heavy atom. The van der Waals surface area contributed by atoms with Crippen LogP contribution in [0.4, 0.5) is 9.52 Å². The highest BCUT2D eigenvalue weighted by Gasteiger charge is 2.15. The van der Waals surface area contributed by atoms with Crippen LogP contribution in [-0.2, 0) is 6.54 Å². The summed E-state index contributed by atoms with van der Waals surface area (Å²) in [4.78, 5) is 25.0. The van der Waals surface area contributed by atoms with E-state index in [1.165, 1.54) is 46.0 Å². The van der Waals surface area contributed by atoms with Gasteiger partial charge in [-0.2, -0.15) is 0 Å². The van der Waals surface area contributed by atoms with E-state index >= 15 is 0 Å². The van der Waals surface area contributed by atoms with Crippen LogP contribution in [0.3, 0.4) is 0 Å². The van der Waals surface area contributed by atoms with E-state index in [-0.39, 0.29) is 12.1 Å². The average Bonchev–Trinajstić information content (AvgIpc) is 3.06. The molecule has 1 amide bonds. The van der Waals surface area contributed by atoms with Gasteiger partial charge in [0.15, 0.2) is 4.34 Å². The molecule has 0 fully saturated rings. The van der Waals surface area contributed by atoms with Gasteiger partial charge in [0.1, 0.15) is 11.4 Å². The summed E-state index contributed by atoms with van der Waals surface area (Å²) in [7, 11) is 0. The first kappa shape index (κ1) is 18.3. The van der Waals surface area contributed by atoms with Gasteiger partial charge in [-0.15, -0.1) is 10.2 Å². The lowest BCUT2D eigenvalue weighted by atomic mass is 10.2. The van der Waals surface area contributed by atoms with E-state index in [1.54, 1.807) is 24.3 Å². The Kier molecular flexibility index (Phi) is 5.79. The van der Waals surface area contributed by atoms with Crippen molar-refractivity contribution >= 4 is 34.1 Å². The number of anilines is 1. The van der Waals surface area contributed by atoms with Crippen molar-refractivity contribution in [1.29, 1.82) is 0 Å². The quantitative estimate of drug-likeness (QED) is 0.516. The Labute approximate surface area is 157 Å². The largest absolute Gasteiger partial charge is 0.310 e. The summed E-state index contributed by atoms with van der Waals surface area (Å²) in [6, 6.07) is 9.22. The van der Waals surface area contributed by atoms with Gasteiger partial charge in [-0.3, -0.25) is 14.9 Å². The summed E-state index contributed by atoms with van der Waals surface area (Å²) in [5.41, 5.74) is -0.165. The number of carbonyl (C=O) groups excluding carboxylic acids is 1. The van der Waals surface area contributed by atoms with Gasteiger partial charge in [-0.1, -0.05) is 48.2 Å². The summed E-state index contributed by atoms with van der Waals surface area (Å²) >= 11 is 2.76. The molecule has 1 N–H and O–H groups in total. The van der Waals surface area contributed by atoms with Gasteiger partial charge < -0.3 is 4.57 Å². The molecular weight excluding hydrogens is 375 g/mol. The van der Waals surface area contributed by atoms with Crippen molar-refractivity contribution in [3.05, 3.63) is 69.9 Å². The van der Waals surface area contributed by atoms with Crippen LogP contribution < -0.4 is 10.9 Å². The number of pyridine rings is 1. The molecule has 1 aromatic carbocycles. The Balaban J connectivity index is 1.80. The number of amides is 1. The van der Waals surface area contributed by atoms with Crippen molar-refractivity contribution in [2.45, 2.75) is 17.8 Å². The van der Waals surface area contributed by atoms with E-state index in [9.17, 15) is 14.0 Å². The fourth-order valence-electron chi connectivity index (χ4n) is 2.25. The number of rotatable bonds is 6. The first-order valence-corrected chi connectivity index (χ1v) is 9.59. The normalized spacial score (nSPS) is 10.7. The second-order valence-corrected chi connectivity index (χ2v) is 7.70. The molecule has 0 bridgehead atoms. The predicted octanol–water partition coefficient (Wildman–Crippen LogP) is 3.25. The number of aromatic nitrogens is 3. The minimum atomic E-state index is -0.568. The van der Waals surface area contributed by atoms with Crippen LogP contribution >= 0.6 is 23.1 Å². The number of nitrogens with zero attached hydrogens (tertiary/aromatic N) is 3. The molecule has 9 heteroatoms. The lowest BCUT2D eigenvalue weighted by Crippen LogP contribution is -2.29. The lowest BCUT2D eigenvalue weighted by molar-refractivity contribution is 0.102. The second-order valence-electron chi connectivity index (χ2n) is 5.21. The third-order valence-electron chi connectivity index (χ3n) is 3.46. The summed E-state index contributed by atoms with van der Waals surface area (Å²) in [5.74, 6) is -0.117. The van der Waals surface area contributed by atoms with Gasteiger partial charge in [-0.05, 0) is 24.0 Å². The smallest absolute Gasteiger partial charge is 0.263 e. The zero-order valence-electron chi connectivity index (χ0n) is 13.8. The van der Waals surface area contributed by atoms with E-state index in [4.69, 9.17) is 0 Å². The van der Waals surface area contributed by atoms with Crippen LogP contribution in [0.2, 0.25) is 0 Å². The number of carbonyl (C=O) groups is 1. The molecule has 0 aliphatic rings. The van der Waals surface area contributed by atoms with Gasteiger partial charge in [0.2, 0.25) is 5.13 Å². The van der Waals surface area contributed by atoms with Gasteiger partial charge >= 0.3 is 0 Å². The zero-order valence-corrected chi connectivity index (χ0v) is 15.4. The average molecular weight is 390 g/mol. The van der Waals surface area contributed by atoms with Crippen molar-refractivity contribution in [3.63, 3.8) is 0 Å². The van der Waals surface area contributed by atoms with Crippen molar-refractivity contribution in [3.8, 4) is 0 Å². The third-order valence-corrected chi connectivity index (χ3v) is 5.31. The maximum absolute atomic E-state index is 13.8. The first-order valence-electron chi connectivity index (χ1n) is 7.79. The number of halogens is 1. The van der Waals surface area contributed by atoms with Crippen LogP contribution in [0.15, 0.2) is 51.7 Å². The summed E-state index contributed by atoms with van der Waals surface area (Å²) < 4.78 is 15.8. The van der Waals surface area contributed by atoms with Gasteiger partial charge in [0.25, 0.3) is 11.5 Å². The highest BCUT2D eigenvalue weighted by molar-refractivity contribution is 8.01. The topological polar surface area (TPSA) is 76.9 Å². The van der Waals surface area contributed by atoms with Crippen LogP contribution in [0.25, 0.3) is 0 Å². The Morgan fingerprint density at radius 2 is 2.08 bits per heavy atom. The van der Waals surface area contributed by atoms with Crippen LogP contribution in [0.1, 0.15) is 22.8 Å². The molecule has 26 heavy (non-hydrogen) atoms. The van der Waals surface area contributed by atoms with Gasteiger partial charge in [0, 0.05) is 11.8 Å². The monoisotopic (exact) mass is 390 g/mol. The van der Waals surface area contributed by atoms with Crippen LogP contribution in [0.5, 0.6) is 0 Å². The number of thioether (sulfide) groups is 1. The molecule has 0 saturated carbocycles. The minimum absolute atomic E-state index is 0.0382. The predicted molar refractivity (Wildman–Crippen MR) is 100 cm³/mol. The molecule has 0 aliphatic heterocycles. The molecule has 0 atom stereocenters. The Morgan fingerprint density at radius 1 is 1.27 bits per heavy atom. The molecule has 0 radical (unpaired) electrons.